The Morgan fingerprint density at radius 2 is 1.88 bits per heavy atom. The number of hydrogen-bond acceptors (Lipinski definition) is 3. The van der Waals surface area contributed by atoms with Crippen LogP contribution in [-0.4, -0.2) is 25.2 Å². The molecule has 1 aromatic heterocycles. The van der Waals surface area contributed by atoms with E-state index in [0.29, 0.717) is 12.1 Å². The van der Waals surface area contributed by atoms with E-state index in [-0.39, 0.29) is 0 Å². The van der Waals surface area contributed by atoms with Crippen LogP contribution in [0.3, 0.4) is 0 Å². The number of furan rings is 1. The van der Waals surface area contributed by atoms with E-state index in [9.17, 15) is 0 Å². The molecule has 1 aromatic rings. The van der Waals surface area contributed by atoms with Gasteiger partial charge in [0.25, 0.3) is 0 Å². The molecule has 1 rings (SSSR count). The molecule has 3 heteroatoms. The van der Waals surface area contributed by atoms with Gasteiger partial charge in [0.2, 0.25) is 0 Å². The van der Waals surface area contributed by atoms with E-state index in [2.05, 4.69) is 31.4 Å². The molecule has 16 heavy (non-hydrogen) atoms. The maximum absolute atomic E-state index is 5.31. The van der Waals surface area contributed by atoms with Gasteiger partial charge in [-0.05, 0) is 32.4 Å². The highest BCUT2D eigenvalue weighted by atomic mass is 16.3. The molecule has 0 aliphatic carbocycles. The van der Waals surface area contributed by atoms with Crippen LogP contribution in [0.4, 0.5) is 0 Å². The predicted molar refractivity (Wildman–Crippen MR) is 67.6 cm³/mol. The summed E-state index contributed by atoms with van der Waals surface area (Å²) in [6.45, 7) is 8.63. The molecule has 0 aromatic carbocycles. The molecule has 0 radical (unpaired) electrons. The molecule has 2 atom stereocenters. The van der Waals surface area contributed by atoms with Gasteiger partial charge in [0.1, 0.15) is 5.76 Å². The molecule has 0 fully saturated rings. The Morgan fingerprint density at radius 1 is 1.19 bits per heavy atom. The van der Waals surface area contributed by atoms with Gasteiger partial charge in [0.15, 0.2) is 0 Å². The molecule has 0 aliphatic heterocycles. The Bertz CT molecular complexity index is 259. The van der Waals surface area contributed by atoms with E-state index in [4.69, 9.17) is 4.42 Å². The third-order valence-corrected chi connectivity index (χ3v) is 2.81. The van der Waals surface area contributed by atoms with E-state index in [1.807, 2.05) is 12.1 Å². The van der Waals surface area contributed by atoms with Gasteiger partial charge in [-0.25, -0.2) is 0 Å². The van der Waals surface area contributed by atoms with Crippen LogP contribution in [0, 0.1) is 0 Å². The maximum atomic E-state index is 5.31. The van der Waals surface area contributed by atoms with Crippen molar-refractivity contribution in [2.24, 2.45) is 0 Å². The Kier molecular flexibility index (Phi) is 6.19. The minimum Gasteiger partial charge on any atom is -0.469 e. The van der Waals surface area contributed by atoms with Crippen LogP contribution in [0.2, 0.25) is 0 Å². The first-order chi connectivity index (χ1) is 7.72. The minimum atomic E-state index is 0.463. The third-order valence-electron chi connectivity index (χ3n) is 2.81. The smallest absolute Gasteiger partial charge is 0.105 e. The Morgan fingerprint density at radius 3 is 2.44 bits per heavy atom. The second kappa shape index (κ2) is 7.47. The summed E-state index contributed by atoms with van der Waals surface area (Å²) in [5.74, 6) is 1.05. The summed E-state index contributed by atoms with van der Waals surface area (Å²) in [5.41, 5.74) is 0. The lowest BCUT2D eigenvalue weighted by molar-refractivity contribution is 0.445. The van der Waals surface area contributed by atoms with E-state index < -0.39 is 0 Å². The van der Waals surface area contributed by atoms with Gasteiger partial charge in [-0.3, -0.25) is 0 Å². The first kappa shape index (κ1) is 13.3. The van der Waals surface area contributed by atoms with Crippen LogP contribution in [0.1, 0.15) is 33.0 Å². The molecular formula is C13H24N2O. The lowest BCUT2D eigenvalue weighted by Gasteiger charge is -2.15. The Hall–Kier alpha value is -0.800. The van der Waals surface area contributed by atoms with Crippen molar-refractivity contribution in [1.29, 1.82) is 0 Å². The van der Waals surface area contributed by atoms with Crippen molar-refractivity contribution in [1.82, 2.24) is 10.6 Å². The lowest BCUT2D eigenvalue weighted by Crippen LogP contribution is -2.37. The molecular weight excluding hydrogens is 200 g/mol. The van der Waals surface area contributed by atoms with Gasteiger partial charge in [-0.1, -0.05) is 6.92 Å². The quantitative estimate of drug-likeness (QED) is 0.665. The molecule has 92 valence electrons. The number of nitrogens with one attached hydrogen (secondary N) is 2. The standard InChI is InChI=1S/C13H24N2O/c1-4-11(2)14-7-8-15-12(3)10-13-6-5-9-16-13/h5-6,9,11-12,14-15H,4,7-8,10H2,1-3H3. The van der Waals surface area contributed by atoms with E-state index in [1.54, 1.807) is 6.26 Å². The summed E-state index contributed by atoms with van der Waals surface area (Å²) in [7, 11) is 0. The molecule has 0 amide bonds. The monoisotopic (exact) mass is 224 g/mol. The van der Waals surface area contributed by atoms with Crippen molar-refractivity contribution in [2.75, 3.05) is 13.1 Å². The van der Waals surface area contributed by atoms with E-state index in [1.165, 1.54) is 6.42 Å². The van der Waals surface area contributed by atoms with Gasteiger partial charge >= 0.3 is 0 Å². The summed E-state index contributed by atoms with van der Waals surface area (Å²) >= 11 is 0. The lowest BCUT2D eigenvalue weighted by atomic mass is 10.2. The molecule has 0 bridgehead atoms. The van der Waals surface area contributed by atoms with Gasteiger partial charge < -0.3 is 15.1 Å². The van der Waals surface area contributed by atoms with Crippen molar-refractivity contribution >= 4 is 0 Å². The zero-order valence-electron chi connectivity index (χ0n) is 10.6. The second-order valence-electron chi connectivity index (χ2n) is 4.40. The summed E-state index contributed by atoms with van der Waals surface area (Å²) in [6, 6.07) is 5.04. The summed E-state index contributed by atoms with van der Waals surface area (Å²) < 4.78 is 5.31. The summed E-state index contributed by atoms with van der Waals surface area (Å²) in [6.07, 6.45) is 3.87. The third kappa shape index (κ3) is 5.33. The number of hydrogen-bond donors (Lipinski definition) is 2. The van der Waals surface area contributed by atoms with Gasteiger partial charge in [0, 0.05) is 31.6 Å². The van der Waals surface area contributed by atoms with Gasteiger partial charge in [-0.2, -0.15) is 0 Å². The average Bonchev–Trinajstić information content (AvgIpc) is 2.76. The topological polar surface area (TPSA) is 37.2 Å². The van der Waals surface area contributed by atoms with Crippen molar-refractivity contribution in [2.45, 2.75) is 45.7 Å². The van der Waals surface area contributed by atoms with Crippen LogP contribution < -0.4 is 10.6 Å². The molecule has 0 saturated carbocycles. The fourth-order valence-corrected chi connectivity index (χ4v) is 1.58. The van der Waals surface area contributed by atoms with Crippen LogP contribution >= 0.6 is 0 Å². The highest BCUT2D eigenvalue weighted by molar-refractivity contribution is 4.99. The first-order valence-corrected chi connectivity index (χ1v) is 6.21. The summed E-state index contributed by atoms with van der Waals surface area (Å²) in [4.78, 5) is 0. The highest BCUT2D eigenvalue weighted by Crippen LogP contribution is 2.03. The molecule has 0 aliphatic rings. The second-order valence-corrected chi connectivity index (χ2v) is 4.40. The molecule has 2 N–H and O–H groups in total. The SMILES string of the molecule is CCC(C)NCCNC(C)Cc1ccco1. The van der Waals surface area contributed by atoms with Crippen molar-refractivity contribution in [3.05, 3.63) is 24.2 Å². The molecule has 0 saturated heterocycles. The van der Waals surface area contributed by atoms with Crippen LogP contribution in [-0.2, 0) is 6.42 Å². The normalized spacial score (nSPS) is 14.9. The zero-order chi connectivity index (χ0) is 11.8. The minimum absolute atomic E-state index is 0.463. The molecule has 1 heterocycles. The van der Waals surface area contributed by atoms with Crippen LogP contribution in [0.5, 0.6) is 0 Å². The highest BCUT2D eigenvalue weighted by Gasteiger charge is 2.04. The maximum Gasteiger partial charge on any atom is 0.105 e. The molecule has 2 unspecified atom stereocenters. The molecule has 0 spiro atoms. The van der Waals surface area contributed by atoms with E-state index in [0.717, 1.165) is 25.3 Å². The largest absolute Gasteiger partial charge is 0.469 e. The van der Waals surface area contributed by atoms with Gasteiger partial charge in [0.05, 0.1) is 6.26 Å². The first-order valence-electron chi connectivity index (χ1n) is 6.21. The van der Waals surface area contributed by atoms with Crippen molar-refractivity contribution in [3.8, 4) is 0 Å². The number of rotatable bonds is 8. The fraction of sp³-hybridized carbons (Fsp3) is 0.692. The average molecular weight is 224 g/mol. The Labute approximate surface area is 98.6 Å². The summed E-state index contributed by atoms with van der Waals surface area (Å²) in [5, 5.41) is 6.94. The van der Waals surface area contributed by atoms with E-state index >= 15 is 0 Å². The van der Waals surface area contributed by atoms with Crippen LogP contribution in [0.25, 0.3) is 0 Å². The predicted octanol–water partition coefficient (Wildman–Crippen LogP) is 2.19. The Balaban J connectivity index is 2.04. The molecule has 3 nitrogen and oxygen atoms in total. The fourth-order valence-electron chi connectivity index (χ4n) is 1.58. The van der Waals surface area contributed by atoms with Crippen molar-refractivity contribution in [3.63, 3.8) is 0 Å². The zero-order valence-corrected chi connectivity index (χ0v) is 10.6. The van der Waals surface area contributed by atoms with Crippen molar-refractivity contribution < 1.29 is 4.42 Å². The van der Waals surface area contributed by atoms with Crippen LogP contribution in [0.15, 0.2) is 22.8 Å². The van der Waals surface area contributed by atoms with Gasteiger partial charge in [-0.15, -0.1) is 0 Å².